The van der Waals surface area contributed by atoms with Crippen LogP contribution in [0.5, 0.6) is 5.75 Å². The van der Waals surface area contributed by atoms with Crippen LogP contribution in [0.4, 0.5) is 5.69 Å². The summed E-state index contributed by atoms with van der Waals surface area (Å²) >= 11 is 1.35. The predicted octanol–water partition coefficient (Wildman–Crippen LogP) is 2.42. The van der Waals surface area contributed by atoms with Crippen molar-refractivity contribution < 1.29 is 14.3 Å². The number of aromatic nitrogens is 1. The molecule has 1 saturated heterocycles. The van der Waals surface area contributed by atoms with Crippen molar-refractivity contribution in [2.45, 2.75) is 25.8 Å². The van der Waals surface area contributed by atoms with Gasteiger partial charge in [0.25, 0.3) is 5.91 Å². The van der Waals surface area contributed by atoms with Gasteiger partial charge in [-0.25, -0.2) is 4.98 Å². The Labute approximate surface area is 168 Å². The topological polar surface area (TPSA) is 74.8 Å². The highest BCUT2D eigenvalue weighted by Gasteiger charge is 2.33. The predicted molar refractivity (Wildman–Crippen MR) is 108 cm³/mol. The van der Waals surface area contributed by atoms with Crippen LogP contribution in [-0.4, -0.2) is 65.4 Å². The van der Waals surface area contributed by atoms with Gasteiger partial charge in [-0.3, -0.25) is 14.5 Å². The molecule has 1 N–H and O–H groups in total. The summed E-state index contributed by atoms with van der Waals surface area (Å²) in [5.41, 5.74) is 1.87. The van der Waals surface area contributed by atoms with E-state index in [9.17, 15) is 9.59 Å². The summed E-state index contributed by atoms with van der Waals surface area (Å²) in [6, 6.07) is 5.89. The van der Waals surface area contributed by atoms with E-state index in [0.29, 0.717) is 55.1 Å². The molecule has 2 aliphatic heterocycles. The zero-order valence-electron chi connectivity index (χ0n) is 16.1. The Bertz CT molecular complexity index is 868. The Hall–Kier alpha value is -2.45. The molecule has 0 spiro atoms. The molecule has 1 aromatic carbocycles. The van der Waals surface area contributed by atoms with Crippen LogP contribution in [0.25, 0.3) is 0 Å². The molecule has 2 aromatic rings. The van der Waals surface area contributed by atoms with Crippen molar-refractivity contribution in [3.05, 3.63) is 40.3 Å². The molecule has 148 valence electrons. The first-order valence-electron chi connectivity index (χ1n) is 9.50. The lowest BCUT2D eigenvalue weighted by molar-refractivity contribution is -0.118. The van der Waals surface area contributed by atoms with Crippen LogP contribution in [0.1, 0.15) is 35.1 Å². The second kappa shape index (κ2) is 7.89. The van der Waals surface area contributed by atoms with Crippen LogP contribution in [-0.2, 0) is 4.79 Å². The van der Waals surface area contributed by atoms with Gasteiger partial charge < -0.3 is 15.0 Å². The number of thiazole rings is 1. The van der Waals surface area contributed by atoms with Crippen molar-refractivity contribution in [2.75, 3.05) is 38.1 Å². The van der Waals surface area contributed by atoms with E-state index in [1.165, 1.54) is 11.3 Å². The van der Waals surface area contributed by atoms with Crippen molar-refractivity contribution in [1.29, 1.82) is 0 Å². The molecule has 7 nitrogen and oxygen atoms in total. The third kappa shape index (κ3) is 3.88. The molecule has 3 heterocycles. The van der Waals surface area contributed by atoms with Crippen LogP contribution < -0.4 is 10.1 Å². The standard InChI is InChI=1S/C20H24N4O3S/c1-13(2)14-3-4-17-16(9-14)22-18(25)11-23-6-7-24(10-15(23)12-27-17)20(26)19-21-5-8-28-19/h3-5,8-9,13,15H,6-7,10-12H2,1-2H3,(H,22,25)/t15-/m0/s1. The van der Waals surface area contributed by atoms with Crippen molar-refractivity contribution >= 4 is 28.8 Å². The number of ether oxygens (including phenoxy) is 1. The van der Waals surface area contributed by atoms with Gasteiger partial charge in [0.2, 0.25) is 5.91 Å². The lowest BCUT2D eigenvalue weighted by Crippen LogP contribution is -2.57. The number of carbonyl (C=O) groups excluding carboxylic acids is 2. The highest BCUT2D eigenvalue weighted by atomic mass is 32.1. The largest absolute Gasteiger partial charge is 0.490 e. The Balaban J connectivity index is 1.53. The zero-order valence-corrected chi connectivity index (χ0v) is 16.9. The first-order valence-corrected chi connectivity index (χ1v) is 10.4. The minimum Gasteiger partial charge on any atom is -0.490 e. The van der Waals surface area contributed by atoms with Gasteiger partial charge in [-0.15, -0.1) is 11.3 Å². The highest BCUT2D eigenvalue weighted by molar-refractivity contribution is 7.11. The average Bonchev–Trinajstić information content (AvgIpc) is 3.22. The summed E-state index contributed by atoms with van der Waals surface area (Å²) < 4.78 is 6.07. The van der Waals surface area contributed by atoms with E-state index in [1.54, 1.807) is 11.6 Å². The molecule has 1 atom stereocenters. The number of piperazine rings is 1. The molecule has 0 saturated carbocycles. The Morgan fingerprint density at radius 2 is 2.21 bits per heavy atom. The lowest BCUT2D eigenvalue weighted by Gasteiger charge is -2.40. The Morgan fingerprint density at radius 3 is 2.96 bits per heavy atom. The maximum atomic E-state index is 12.7. The van der Waals surface area contributed by atoms with Crippen LogP contribution in [0.3, 0.4) is 0 Å². The minimum atomic E-state index is -0.0580. The molecular weight excluding hydrogens is 376 g/mol. The van der Waals surface area contributed by atoms with Crippen molar-refractivity contribution in [1.82, 2.24) is 14.8 Å². The third-order valence-corrected chi connectivity index (χ3v) is 5.99. The molecule has 2 aliphatic rings. The van der Waals surface area contributed by atoms with Crippen LogP contribution in [0.15, 0.2) is 29.8 Å². The monoisotopic (exact) mass is 400 g/mol. The molecule has 2 amide bonds. The maximum Gasteiger partial charge on any atom is 0.282 e. The molecule has 0 bridgehead atoms. The van der Waals surface area contributed by atoms with Gasteiger partial charge in [-0.2, -0.15) is 0 Å². The molecule has 1 fully saturated rings. The normalized spacial score (nSPS) is 20.3. The number of hydrogen-bond donors (Lipinski definition) is 1. The number of hydrogen-bond acceptors (Lipinski definition) is 6. The Morgan fingerprint density at radius 1 is 1.36 bits per heavy atom. The molecule has 1 aromatic heterocycles. The zero-order chi connectivity index (χ0) is 19.7. The number of fused-ring (bicyclic) bond motifs is 2. The van der Waals surface area contributed by atoms with E-state index < -0.39 is 0 Å². The Kier molecular flexibility index (Phi) is 5.32. The number of nitrogens with zero attached hydrogens (tertiary/aromatic N) is 3. The van der Waals surface area contributed by atoms with E-state index in [4.69, 9.17) is 4.74 Å². The second-order valence-corrected chi connectivity index (χ2v) is 8.38. The first-order chi connectivity index (χ1) is 13.5. The fraction of sp³-hybridized carbons (Fsp3) is 0.450. The van der Waals surface area contributed by atoms with Gasteiger partial charge >= 0.3 is 0 Å². The number of amides is 2. The van der Waals surface area contributed by atoms with Gasteiger partial charge in [0.05, 0.1) is 18.3 Å². The van der Waals surface area contributed by atoms with Crippen LogP contribution >= 0.6 is 11.3 Å². The van der Waals surface area contributed by atoms with Crippen LogP contribution in [0.2, 0.25) is 0 Å². The number of benzene rings is 1. The number of anilines is 1. The smallest absolute Gasteiger partial charge is 0.282 e. The summed E-state index contributed by atoms with van der Waals surface area (Å²) in [7, 11) is 0. The van der Waals surface area contributed by atoms with Crippen molar-refractivity contribution in [3.8, 4) is 5.75 Å². The molecule has 0 aliphatic carbocycles. The third-order valence-electron chi connectivity index (χ3n) is 5.23. The summed E-state index contributed by atoms with van der Waals surface area (Å²) in [5, 5.41) is 5.30. The van der Waals surface area contributed by atoms with E-state index in [2.05, 4.69) is 29.0 Å². The summed E-state index contributed by atoms with van der Waals surface area (Å²) in [4.78, 5) is 33.3. The van der Waals surface area contributed by atoms with Crippen molar-refractivity contribution in [2.24, 2.45) is 0 Å². The van der Waals surface area contributed by atoms with Gasteiger partial charge in [-0.1, -0.05) is 19.9 Å². The highest BCUT2D eigenvalue weighted by Crippen LogP contribution is 2.30. The number of nitrogens with one attached hydrogen (secondary N) is 1. The molecule has 28 heavy (non-hydrogen) atoms. The van der Waals surface area contributed by atoms with Gasteiger partial charge in [0, 0.05) is 31.2 Å². The van der Waals surface area contributed by atoms with Gasteiger partial charge in [0.15, 0.2) is 5.01 Å². The first kappa shape index (κ1) is 18.9. The molecule has 4 rings (SSSR count). The van der Waals surface area contributed by atoms with Crippen molar-refractivity contribution in [3.63, 3.8) is 0 Å². The van der Waals surface area contributed by atoms with Gasteiger partial charge in [-0.05, 0) is 23.6 Å². The van der Waals surface area contributed by atoms with E-state index in [-0.39, 0.29) is 17.9 Å². The maximum absolute atomic E-state index is 12.7. The summed E-state index contributed by atoms with van der Waals surface area (Å²) in [5.74, 6) is 0.924. The summed E-state index contributed by atoms with van der Waals surface area (Å²) in [6.07, 6.45) is 1.64. The molecule has 0 unspecified atom stereocenters. The molecule has 0 radical (unpaired) electrons. The second-order valence-electron chi connectivity index (χ2n) is 7.48. The molecule has 8 heteroatoms. The fourth-order valence-corrected chi connectivity index (χ4v) is 4.20. The minimum absolute atomic E-state index is 0.0425. The van der Waals surface area contributed by atoms with Crippen LogP contribution in [0, 0.1) is 0 Å². The fourth-order valence-electron chi connectivity index (χ4n) is 3.60. The quantitative estimate of drug-likeness (QED) is 0.838. The molecular formula is C20H24N4O3S. The van der Waals surface area contributed by atoms with Gasteiger partial charge in [0.1, 0.15) is 12.4 Å². The SMILES string of the molecule is CC(C)c1ccc2c(c1)NC(=O)CN1CCN(C(=O)c3nccs3)C[C@H]1CO2. The van der Waals surface area contributed by atoms with E-state index >= 15 is 0 Å². The van der Waals surface area contributed by atoms with E-state index in [0.717, 1.165) is 5.56 Å². The summed E-state index contributed by atoms with van der Waals surface area (Å²) in [6.45, 7) is 6.68. The lowest BCUT2D eigenvalue weighted by atomic mass is 10.0. The number of carbonyl (C=O) groups is 2. The average molecular weight is 401 g/mol. The van der Waals surface area contributed by atoms with E-state index in [1.807, 2.05) is 23.1 Å². The number of rotatable bonds is 2.